The molecule has 7 heteroatoms. The molecule has 2 rings (SSSR count). The van der Waals surface area contributed by atoms with Crippen molar-refractivity contribution in [3.63, 3.8) is 0 Å². The van der Waals surface area contributed by atoms with Crippen LogP contribution in [-0.4, -0.2) is 25.6 Å². The molecule has 20 heavy (non-hydrogen) atoms. The first-order valence-corrected chi connectivity index (χ1v) is 6.75. The van der Waals surface area contributed by atoms with Crippen LogP contribution < -0.4 is 5.56 Å². The number of hydrogen-bond donors (Lipinski definition) is 1. The van der Waals surface area contributed by atoms with Gasteiger partial charge in [0.15, 0.2) is 5.03 Å². The summed E-state index contributed by atoms with van der Waals surface area (Å²) in [5, 5.41) is 9.20. The Hall–Kier alpha value is -2.15. The molecule has 0 aliphatic heterocycles. The van der Waals surface area contributed by atoms with Crippen molar-refractivity contribution in [2.75, 3.05) is 0 Å². The van der Waals surface area contributed by atoms with Crippen molar-refractivity contribution >= 4 is 17.7 Å². The number of nitrogens with zero attached hydrogens (tertiary/aromatic N) is 3. The lowest BCUT2D eigenvalue weighted by Crippen LogP contribution is -2.23. The molecule has 0 bridgehead atoms. The molecule has 6 nitrogen and oxygen atoms in total. The van der Waals surface area contributed by atoms with Crippen LogP contribution in [0.2, 0.25) is 0 Å². The number of pyridine rings is 1. The summed E-state index contributed by atoms with van der Waals surface area (Å²) in [4.78, 5) is 31.4. The largest absolute Gasteiger partial charge is 0.477 e. The van der Waals surface area contributed by atoms with Gasteiger partial charge in [0.2, 0.25) is 0 Å². The zero-order valence-corrected chi connectivity index (χ0v) is 11.8. The first-order valence-electron chi connectivity index (χ1n) is 5.93. The Kier molecular flexibility index (Phi) is 4.19. The summed E-state index contributed by atoms with van der Waals surface area (Å²) in [5.74, 6) is -1.10. The van der Waals surface area contributed by atoms with Gasteiger partial charge in [-0.2, -0.15) is 0 Å². The van der Waals surface area contributed by atoms with E-state index >= 15 is 0 Å². The molecule has 0 spiro atoms. The highest BCUT2D eigenvalue weighted by Crippen LogP contribution is 2.23. The van der Waals surface area contributed by atoms with Gasteiger partial charge in [-0.15, -0.1) is 0 Å². The van der Waals surface area contributed by atoms with Gasteiger partial charge in [0.25, 0.3) is 5.56 Å². The molecular formula is C13H13N3O3S. The zero-order chi connectivity index (χ0) is 14.7. The monoisotopic (exact) mass is 291 g/mol. The Morgan fingerprint density at radius 1 is 1.35 bits per heavy atom. The van der Waals surface area contributed by atoms with Gasteiger partial charge in [0, 0.05) is 29.5 Å². The maximum absolute atomic E-state index is 12.2. The number of carboxylic acids is 1. The van der Waals surface area contributed by atoms with Gasteiger partial charge in [-0.25, -0.2) is 14.8 Å². The summed E-state index contributed by atoms with van der Waals surface area (Å²) in [6.45, 7) is 3.82. The number of aromatic nitrogens is 3. The molecule has 0 saturated carbocycles. The highest BCUT2D eigenvalue weighted by Gasteiger charge is 2.11. The molecule has 2 aromatic rings. The van der Waals surface area contributed by atoms with Crippen molar-refractivity contribution in [3.8, 4) is 0 Å². The topological polar surface area (TPSA) is 85.1 Å². The van der Waals surface area contributed by atoms with Crippen LogP contribution in [0.4, 0.5) is 0 Å². The fourth-order valence-electron chi connectivity index (χ4n) is 1.59. The van der Waals surface area contributed by atoms with Gasteiger partial charge >= 0.3 is 5.97 Å². The molecule has 2 heterocycles. The Morgan fingerprint density at radius 3 is 2.75 bits per heavy atom. The molecule has 2 aromatic heterocycles. The lowest BCUT2D eigenvalue weighted by Gasteiger charge is -2.10. The van der Waals surface area contributed by atoms with Gasteiger partial charge in [0.1, 0.15) is 5.69 Å². The molecular weight excluding hydrogens is 278 g/mol. The average molecular weight is 291 g/mol. The standard InChI is InChI=1S/C13H13N3O3S/c1-8(2)16-6-5-15-11(12(16)17)20-9-3-4-14-10(7-9)13(18)19/h3-8H,1-2H3,(H,18,19). The van der Waals surface area contributed by atoms with Crippen LogP contribution in [0.1, 0.15) is 30.4 Å². The van der Waals surface area contributed by atoms with Gasteiger partial charge in [-0.1, -0.05) is 11.8 Å². The summed E-state index contributed by atoms with van der Waals surface area (Å²) < 4.78 is 1.58. The van der Waals surface area contributed by atoms with Gasteiger partial charge in [0.05, 0.1) is 0 Å². The summed E-state index contributed by atoms with van der Waals surface area (Å²) in [5.41, 5.74) is -0.253. The van der Waals surface area contributed by atoms with Gasteiger partial charge < -0.3 is 9.67 Å². The SMILES string of the molecule is CC(C)n1ccnc(Sc2ccnc(C(=O)O)c2)c1=O. The number of aromatic carboxylic acids is 1. The summed E-state index contributed by atoms with van der Waals surface area (Å²) >= 11 is 1.13. The third kappa shape index (κ3) is 3.05. The van der Waals surface area contributed by atoms with Crippen LogP contribution in [0.25, 0.3) is 0 Å². The fourth-order valence-corrected chi connectivity index (χ4v) is 2.42. The molecule has 1 N–H and O–H groups in total. The van der Waals surface area contributed by atoms with Crippen molar-refractivity contribution in [3.05, 3.63) is 46.8 Å². The number of hydrogen-bond acceptors (Lipinski definition) is 5. The second kappa shape index (κ2) is 5.87. The fraction of sp³-hybridized carbons (Fsp3) is 0.231. The summed E-state index contributed by atoms with van der Waals surface area (Å²) in [6, 6.07) is 3.10. The maximum Gasteiger partial charge on any atom is 0.354 e. The predicted molar refractivity (Wildman–Crippen MR) is 74.2 cm³/mol. The molecule has 0 amide bonds. The van der Waals surface area contributed by atoms with Crippen molar-refractivity contribution in [1.29, 1.82) is 0 Å². The van der Waals surface area contributed by atoms with E-state index in [2.05, 4.69) is 9.97 Å². The molecule has 0 radical (unpaired) electrons. The molecule has 0 atom stereocenters. The van der Waals surface area contributed by atoms with Crippen molar-refractivity contribution in [1.82, 2.24) is 14.5 Å². The molecule has 0 aliphatic rings. The van der Waals surface area contributed by atoms with E-state index in [1.54, 1.807) is 23.0 Å². The number of rotatable bonds is 4. The van der Waals surface area contributed by atoms with Crippen LogP contribution in [0.3, 0.4) is 0 Å². The second-order valence-corrected chi connectivity index (χ2v) is 5.38. The van der Waals surface area contributed by atoms with Crippen molar-refractivity contribution < 1.29 is 9.90 Å². The number of carboxylic acid groups (broad SMARTS) is 1. The van der Waals surface area contributed by atoms with Gasteiger partial charge in [-0.05, 0) is 26.0 Å². The minimum Gasteiger partial charge on any atom is -0.477 e. The lowest BCUT2D eigenvalue weighted by atomic mass is 10.3. The van der Waals surface area contributed by atoms with Crippen LogP contribution in [0.5, 0.6) is 0 Å². The smallest absolute Gasteiger partial charge is 0.354 e. The predicted octanol–water partition coefficient (Wildman–Crippen LogP) is 2.07. The Labute approximate surface area is 119 Å². The highest BCUT2D eigenvalue weighted by atomic mass is 32.2. The van der Waals surface area contributed by atoms with Crippen molar-refractivity contribution in [2.45, 2.75) is 29.8 Å². The lowest BCUT2D eigenvalue weighted by molar-refractivity contribution is 0.0690. The van der Waals surface area contributed by atoms with E-state index in [4.69, 9.17) is 5.11 Å². The van der Waals surface area contributed by atoms with E-state index in [1.165, 1.54) is 12.3 Å². The Bertz CT molecular complexity index is 697. The molecule has 0 aromatic carbocycles. The third-order valence-electron chi connectivity index (χ3n) is 2.56. The van der Waals surface area contributed by atoms with E-state index < -0.39 is 5.97 Å². The summed E-state index contributed by atoms with van der Waals surface area (Å²) in [7, 11) is 0. The van der Waals surface area contributed by atoms with Crippen LogP contribution in [0.15, 0.2) is 45.4 Å². The molecule has 0 fully saturated rings. The Balaban J connectivity index is 2.36. The third-order valence-corrected chi connectivity index (χ3v) is 3.52. The molecule has 0 aliphatic carbocycles. The zero-order valence-electron chi connectivity index (χ0n) is 11.0. The minimum absolute atomic E-state index is 0.0388. The van der Waals surface area contributed by atoms with E-state index in [0.29, 0.717) is 9.92 Å². The quantitative estimate of drug-likeness (QED) is 0.928. The van der Waals surface area contributed by atoms with E-state index in [1.807, 2.05) is 13.8 Å². The van der Waals surface area contributed by atoms with Crippen molar-refractivity contribution in [2.24, 2.45) is 0 Å². The van der Waals surface area contributed by atoms with Crippen LogP contribution in [-0.2, 0) is 0 Å². The number of carbonyl (C=O) groups is 1. The highest BCUT2D eigenvalue weighted by molar-refractivity contribution is 7.99. The first-order chi connectivity index (χ1) is 9.49. The van der Waals surface area contributed by atoms with Gasteiger partial charge in [-0.3, -0.25) is 4.79 Å². The molecule has 0 saturated heterocycles. The average Bonchev–Trinajstić information content (AvgIpc) is 2.41. The van der Waals surface area contributed by atoms with E-state index in [-0.39, 0.29) is 17.3 Å². The molecule has 0 unspecified atom stereocenters. The normalized spacial score (nSPS) is 10.8. The maximum atomic E-state index is 12.2. The minimum atomic E-state index is -1.10. The second-order valence-electron chi connectivity index (χ2n) is 4.32. The van der Waals surface area contributed by atoms with Crippen LogP contribution >= 0.6 is 11.8 Å². The summed E-state index contributed by atoms with van der Waals surface area (Å²) in [6.07, 6.45) is 4.59. The Morgan fingerprint density at radius 2 is 2.10 bits per heavy atom. The first kappa shape index (κ1) is 14.3. The van der Waals surface area contributed by atoms with Crippen LogP contribution in [0, 0.1) is 0 Å². The molecule has 104 valence electrons. The van der Waals surface area contributed by atoms with E-state index in [9.17, 15) is 9.59 Å². The van der Waals surface area contributed by atoms with E-state index in [0.717, 1.165) is 11.8 Å².